The highest BCUT2D eigenvalue weighted by molar-refractivity contribution is 7.51. The van der Waals surface area contributed by atoms with Crippen molar-refractivity contribution in [2.24, 2.45) is 0 Å². The second kappa shape index (κ2) is 5.05. The molecule has 5 atom stereocenters. The molecule has 0 aromatic rings. The molecule has 1 rings (SSSR count). The maximum absolute atomic E-state index is 13.2. The third-order valence-corrected chi connectivity index (χ3v) is 3.19. The summed E-state index contributed by atoms with van der Waals surface area (Å²) in [5.74, 6) is 0. The highest BCUT2D eigenvalue weighted by Gasteiger charge is 2.44. The number of halogens is 1. The summed E-state index contributed by atoms with van der Waals surface area (Å²) in [7, 11) is -4.27. The molecule has 0 saturated carbocycles. The fourth-order valence-electron chi connectivity index (χ4n) is 1.44. The summed E-state index contributed by atoms with van der Waals surface area (Å²) >= 11 is 0. The maximum Gasteiger partial charge on any atom is 0.325 e. The molecule has 9 heteroatoms. The quantitative estimate of drug-likeness (QED) is 0.384. The van der Waals surface area contributed by atoms with Gasteiger partial charge in [0.2, 0.25) is 0 Å². The largest absolute Gasteiger partial charge is 0.387 e. The van der Waals surface area contributed by atoms with Crippen molar-refractivity contribution in [2.45, 2.75) is 37.2 Å². The van der Waals surface area contributed by atoms with Gasteiger partial charge in [-0.1, -0.05) is 0 Å². The summed E-state index contributed by atoms with van der Waals surface area (Å²) < 4.78 is 28.4. The van der Waals surface area contributed by atoms with Crippen molar-refractivity contribution in [1.29, 1.82) is 0 Å². The third-order valence-electron chi connectivity index (χ3n) is 2.34. The Hall–Kier alpha value is -0.0800. The molecule has 0 amide bonds. The molecule has 0 aromatic carbocycles. The van der Waals surface area contributed by atoms with Crippen LogP contribution in [0, 0.1) is 0 Å². The summed E-state index contributed by atoms with van der Waals surface area (Å²) in [4.78, 5) is 17.2. The lowest BCUT2D eigenvalue weighted by atomic mass is 9.99. The molecule has 7 nitrogen and oxygen atoms in total. The van der Waals surface area contributed by atoms with Crippen molar-refractivity contribution in [1.82, 2.24) is 0 Å². The number of rotatable bonds is 3. The third kappa shape index (κ3) is 3.46. The van der Waals surface area contributed by atoms with Crippen molar-refractivity contribution >= 4 is 7.60 Å². The number of alkyl halides is 1. The fraction of sp³-hybridized carbons (Fsp3) is 1.00. The molecule has 16 heavy (non-hydrogen) atoms. The average molecular weight is 260 g/mol. The Bertz CT molecular complexity index is 282. The van der Waals surface area contributed by atoms with Crippen molar-refractivity contribution < 1.29 is 38.8 Å². The predicted molar refractivity (Wildman–Crippen MR) is 49.3 cm³/mol. The first-order valence-electron chi connectivity index (χ1n) is 4.60. The SMILES string of the molecule is O=P(O)(O)CC[C@H]1OC(O)[C@@H](O)[C@@H](F)[C@@H]1O. The summed E-state index contributed by atoms with van der Waals surface area (Å²) in [6.07, 6.45) is -9.64. The Kier molecular flexibility index (Phi) is 4.42. The zero-order valence-corrected chi connectivity index (χ0v) is 9.07. The Labute approximate surface area is 90.6 Å². The minimum absolute atomic E-state index is 0.310. The van der Waals surface area contributed by atoms with Crippen molar-refractivity contribution in [3.8, 4) is 0 Å². The number of aliphatic hydroxyl groups excluding tert-OH is 3. The highest BCUT2D eigenvalue weighted by Crippen LogP contribution is 2.37. The first-order valence-corrected chi connectivity index (χ1v) is 6.40. The van der Waals surface area contributed by atoms with Crippen LogP contribution >= 0.6 is 7.60 Å². The maximum atomic E-state index is 13.2. The molecule has 1 unspecified atom stereocenters. The second-order valence-corrected chi connectivity index (χ2v) is 5.44. The van der Waals surface area contributed by atoms with E-state index in [1.54, 1.807) is 0 Å². The summed E-state index contributed by atoms with van der Waals surface area (Å²) in [5, 5.41) is 27.3. The molecule has 0 spiro atoms. The van der Waals surface area contributed by atoms with Gasteiger partial charge in [0.25, 0.3) is 0 Å². The Morgan fingerprint density at radius 1 is 1.19 bits per heavy atom. The van der Waals surface area contributed by atoms with E-state index in [0.29, 0.717) is 0 Å². The van der Waals surface area contributed by atoms with Crippen molar-refractivity contribution in [3.63, 3.8) is 0 Å². The van der Waals surface area contributed by atoms with Crippen LogP contribution in [0.1, 0.15) is 6.42 Å². The summed E-state index contributed by atoms with van der Waals surface area (Å²) in [6, 6.07) is 0. The Morgan fingerprint density at radius 2 is 1.75 bits per heavy atom. The van der Waals surface area contributed by atoms with Gasteiger partial charge in [0.1, 0.15) is 12.2 Å². The zero-order chi connectivity index (χ0) is 12.5. The van der Waals surface area contributed by atoms with Gasteiger partial charge >= 0.3 is 7.60 Å². The van der Waals surface area contributed by atoms with Gasteiger partial charge < -0.3 is 29.8 Å². The smallest absolute Gasteiger partial charge is 0.325 e. The number of hydrogen-bond donors (Lipinski definition) is 5. The molecule has 5 N–H and O–H groups in total. The zero-order valence-electron chi connectivity index (χ0n) is 8.18. The van der Waals surface area contributed by atoms with Gasteiger partial charge in [0.15, 0.2) is 12.5 Å². The van der Waals surface area contributed by atoms with Crippen molar-refractivity contribution in [2.75, 3.05) is 6.16 Å². The van der Waals surface area contributed by atoms with Crippen LogP contribution in [0.4, 0.5) is 4.39 Å². The number of aliphatic hydroxyl groups is 3. The van der Waals surface area contributed by atoms with Crippen LogP contribution in [-0.2, 0) is 9.30 Å². The van der Waals surface area contributed by atoms with Crippen LogP contribution in [-0.4, -0.2) is 62.0 Å². The molecule has 0 aliphatic carbocycles. The lowest BCUT2D eigenvalue weighted by Gasteiger charge is -2.37. The van der Waals surface area contributed by atoms with E-state index in [1.807, 2.05) is 0 Å². The van der Waals surface area contributed by atoms with E-state index < -0.39 is 44.5 Å². The van der Waals surface area contributed by atoms with E-state index in [1.165, 1.54) is 0 Å². The fourth-order valence-corrected chi connectivity index (χ4v) is 2.03. The van der Waals surface area contributed by atoms with Crippen LogP contribution in [0.25, 0.3) is 0 Å². The first-order chi connectivity index (χ1) is 7.22. The lowest BCUT2D eigenvalue weighted by Crippen LogP contribution is -2.55. The van der Waals surface area contributed by atoms with Gasteiger partial charge in [-0.05, 0) is 6.42 Å². The van der Waals surface area contributed by atoms with Crippen LogP contribution in [0.3, 0.4) is 0 Å². The van der Waals surface area contributed by atoms with E-state index in [-0.39, 0.29) is 6.42 Å². The van der Waals surface area contributed by atoms with Crippen LogP contribution in [0.5, 0.6) is 0 Å². The average Bonchev–Trinajstić information content (AvgIpc) is 2.17. The van der Waals surface area contributed by atoms with Crippen LogP contribution in [0.15, 0.2) is 0 Å². The first kappa shape index (κ1) is 14.0. The minimum atomic E-state index is -4.27. The molecule has 1 aliphatic rings. The van der Waals surface area contributed by atoms with Gasteiger partial charge in [-0.25, -0.2) is 4.39 Å². The topological polar surface area (TPSA) is 127 Å². The summed E-state index contributed by atoms with van der Waals surface area (Å²) in [6.45, 7) is 0. The molecule has 96 valence electrons. The van der Waals surface area contributed by atoms with Crippen molar-refractivity contribution in [3.05, 3.63) is 0 Å². The van der Waals surface area contributed by atoms with E-state index in [4.69, 9.17) is 20.0 Å². The summed E-state index contributed by atoms with van der Waals surface area (Å²) in [5.41, 5.74) is 0. The van der Waals surface area contributed by atoms with Gasteiger partial charge in [0.05, 0.1) is 12.3 Å². The van der Waals surface area contributed by atoms with Gasteiger partial charge in [-0.2, -0.15) is 0 Å². The van der Waals surface area contributed by atoms with E-state index in [9.17, 15) is 14.1 Å². The Balaban J connectivity index is 2.57. The molecule has 0 radical (unpaired) electrons. The number of ether oxygens (including phenoxy) is 1. The normalized spacial score (nSPS) is 41.0. The van der Waals surface area contributed by atoms with Gasteiger partial charge in [0, 0.05) is 0 Å². The van der Waals surface area contributed by atoms with Gasteiger partial charge in [-0.3, -0.25) is 4.57 Å². The van der Waals surface area contributed by atoms with Crippen LogP contribution in [0.2, 0.25) is 0 Å². The highest BCUT2D eigenvalue weighted by atomic mass is 31.2. The molecule has 1 heterocycles. The predicted octanol–water partition coefficient (Wildman–Crippen LogP) is -1.67. The minimum Gasteiger partial charge on any atom is -0.387 e. The molecular weight excluding hydrogens is 246 g/mol. The molecule has 0 aromatic heterocycles. The monoisotopic (exact) mass is 260 g/mol. The molecular formula is C7H14FO7P. The lowest BCUT2D eigenvalue weighted by molar-refractivity contribution is -0.269. The standard InChI is InChI=1S/C7H14FO7P/c8-4-5(9)3(1-2-16(12,13)14)15-7(11)6(4)10/h3-7,9-11H,1-2H2,(H2,12,13,14)/t3-,4+,5-,6+,7?/m1/s1. The van der Waals surface area contributed by atoms with E-state index >= 15 is 0 Å². The Morgan fingerprint density at radius 3 is 2.25 bits per heavy atom. The number of hydrogen-bond acceptors (Lipinski definition) is 5. The van der Waals surface area contributed by atoms with Gasteiger partial charge in [-0.15, -0.1) is 0 Å². The van der Waals surface area contributed by atoms with Crippen LogP contribution < -0.4 is 0 Å². The molecule has 1 saturated heterocycles. The van der Waals surface area contributed by atoms with E-state index in [2.05, 4.69) is 4.74 Å². The van der Waals surface area contributed by atoms with E-state index in [0.717, 1.165) is 0 Å². The molecule has 0 bridgehead atoms. The second-order valence-electron chi connectivity index (χ2n) is 3.67. The molecule has 1 aliphatic heterocycles. The molecule has 1 fully saturated rings.